The van der Waals surface area contributed by atoms with Crippen LogP contribution in [-0.2, 0) is 9.84 Å². The highest BCUT2D eigenvalue weighted by Gasteiger charge is 2.44. The molecule has 3 aromatic rings. The van der Waals surface area contributed by atoms with Crippen LogP contribution in [0.3, 0.4) is 0 Å². The minimum atomic E-state index is -3.84. The fraction of sp³-hybridized carbons (Fsp3) is 0.182. The number of phenols is 2. The van der Waals surface area contributed by atoms with Crippen LogP contribution in [0.5, 0.6) is 11.5 Å². The molecule has 0 radical (unpaired) electrons. The van der Waals surface area contributed by atoms with Crippen molar-refractivity contribution in [2.24, 2.45) is 15.7 Å². The Labute approximate surface area is 268 Å². The third kappa shape index (κ3) is 5.12. The molecule has 47 heavy (non-hydrogen) atoms. The van der Waals surface area contributed by atoms with Gasteiger partial charge in [0.25, 0.3) is 5.91 Å². The molecule has 0 saturated heterocycles. The molecule has 1 amide bonds. The van der Waals surface area contributed by atoms with Crippen LogP contribution in [-0.4, -0.2) is 66.8 Å². The van der Waals surface area contributed by atoms with E-state index in [1.807, 2.05) is 38.1 Å². The third-order valence-electron chi connectivity index (χ3n) is 8.29. The van der Waals surface area contributed by atoms with Crippen molar-refractivity contribution in [1.29, 1.82) is 0 Å². The van der Waals surface area contributed by atoms with Gasteiger partial charge in [-0.2, -0.15) is 0 Å². The Balaban J connectivity index is 1.53. The standard InChI is InChI=1S/C33H30N8O5S/c1-17(2)23-14-24(28(43)15-27(23)42)31-39-40-32(30(34)44)41(31)29-25-9-8-21(37-25)13-19-5-4-18(35-19)12-20-6-7-22(36-20)16-33(47(3,45)46)11-10-26(29)38-33/h4-10,12-17,35,38,42-43H,11H2,1-3H3,(H2,34,44). The van der Waals surface area contributed by atoms with E-state index >= 15 is 0 Å². The number of amides is 1. The zero-order valence-electron chi connectivity index (χ0n) is 25.6. The minimum Gasteiger partial charge on any atom is -0.508 e. The Hall–Kier alpha value is -5.76. The molecule has 0 spiro atoms. The van der Waals surface area contributed by atoms with Gasteiger partial charge in [-0.1, -0.05) is 19.9 Å². The summed E-state index contributed by atoms with van der Waals surface area (Å²) in [5.41, 5.74) is 9.02. The molecule has 1 aromatic carbocycles. The molecule has 7 rings (SSSR count). The van der Waals surface area contributed by atoms with E-state index in [1.54, 1.807) is 42.5 Å². The van der Waals surface area contributed by atoms with Crippen molar-refractivity contribution in [1.82, 2.24) is 25.1 Å². The van der Waals surface area contributed by atoms with Crippen LogP contribution in [0.1, 0.15) is 42.4 Å². The number of H-pyrrole nitrogens is 1. The molecule has 2 aromatic heterocycles. The zero-order valence-corrected chi connectivity index (χ0v) is 26.4. The number of allylic oxidation sites excluding steroid dienone is 5. The van der Waals surface area contributed by atoms with Crippen LogP contribution in [0.2, 0.25) is 0 Å². The fourth-order valence-electron chi connectivity index (χ4n) is 5.93. The molecule has 14 heteroatoms. The van der Waals surface area contributed by atoms with Gasteiger partial charge in [-0.3, -0.25) is 9.36 Å². The van der Waals surface area contributed by atoms with Gasteiger partial charge in [0.1, 0.15) is 11.5 Å². The van der Waals surface area contributed by atoms with E-state index in [2.05, 4.69) is 25.5 Å². The lowest BCUT2D eigenvalue weighted by atomic mass is 9.98. The summed E-state index contributed by atoms with van der Waals surface area (Å²) in [5, 5.41) is 34.7. The Morgan fingerprint density at radius 3 is 2.38 bits per heavy atom. The van der Waals surface area contributed by atoms with Crippen LogP contribution in [0.25, 0.3) is 29.2 Å². The summed E-state index contributed by atoms with van der Waals surface area (Å²) in [6, 6.07) is 6.56. The van der Waals surface area contributed by atoms with E-state index in [9.17, 15) is 23.4 Å². The molecule has 6 heterocycles. The van der Waals surface area contributed by atoms with E-state index < -0.39 is 20.6 Å². The number of aromatic nitrogens is 4. The predicted molar refractivity (Wildman–Crippen MR) is 178 cm³/mol. The van der Waals surface area contributed by atoms with Crippen LogP contribution < -0.4 is 21.7 Å². The lowest BCUT2D eigenvalue weighted by Gasteiger charge is -2.27. The Kier molecular flexibility index (Phi) is 6.79. The van der Waals surface area contributed by atoms with E-state index in [-0.39, 0.29) is 46.7 Å². The number of primary amides is 1. The zero-order chi connectivity index (χ0) is 33.2. The number of aliphatic imine (C=N–C) groups is 2. The van der Waals surface area contributed by atoms with E-state index in [0.717, 1.165) is 17.0 Å². The molecule has 4 aliphatic rings. The number of aromatic amines is 1. The summed E-state index contributed by atoms with van der Waals surface area (Å²) in [7, 11) is -3.84. The van der Waals surface area contributed by atoms with Crippen molar-refractivity contribution in [3.05, 3.63) is 99.9 Å². The summed E-state index contributed by atoms with van der Waals surface area (Å²) in [6.07, 6.45) is 15.1. The Morgan fingerprint density at radius 2 is 1.70 bits per heavy atom. The number of hydrogen-bond donors (Lipinski definition) is 5. The van der Waals surface area contributed by atoms with Gasteiger partial charge < -0.3 is 26.2 Å². The van der Waals surface area contributed by atoms with E-state index in [0.29, 0.717) is 34.1 Å². The number of rotatable bonds is 5. The van der Waals surface area contributed by atoms with Crippen molar-refractivity contribution in [3.63, 3.8) is 0 Å². The maximum atomic E-state index is 13.5. The van der Waals surface area contributed by atoms with Crippen LogP contribution in [0.4, 0.5) is 0 Å². The molecule has 0 fully saturated rings. The Bertz CT molecular complexity index is 2370. The van der Waals surface area contributed by atoms with E-state index in [1.165, 1.54) is 10.6 Å². The first-order chi connectivity index (χ1) is 22.3. The first-order valence-electron chi connectivity index (χ1n) is 14.7. The van der Waals surface area contributed by atoms with Gasteiger partial charge in [0.05, 0.1) is 39.8 Å². The molecule has 0 saturated carbocycles. The van der Waals surface area contributed by atoms with Gasteiger partial charge in [-0.05, 0) is 72.2 Å². The SMILES string of the molecule is CC(C)c1cc(-c2nnc(C(N)=O)n2C2=C3C=CC(=N3)C=c3ccc([nH]3)=CC3=NC(=CC4(S(C)(=O)=O)CC=C2N4)C=C3)c(O)cc1O. The number of carbonyl (C=O) groups excluding carboxylic acids is 1. The third-order valence-corrected chi connectivity index (χ3v) is 10.0. The lowest BCUT2D eigenvalue weighted by Crippen LogP contribution is -2.46. The summed E-state index contributed by atoms with van der Waals surface area (Å²) in [6.45, 7) is 3.75. The molecule has 238 valence electrons. The normalized spacial score (nSPS) is 20.0. The first kappa shape index (κ1) is 29.9. The second-order valence-electron chi connectivity index (χ2n) is 11.9. The number of benzene rings is 1. The maximum absolute atomic E-state index is 13.5. The topological polar surface area (TPSA) is 201 Å². The van der Waals surface area contributed by atoms with Crippen molar-refractivity contribution >= 4 is 45.0 Å². The average molecular weight is 651 g/mol. The molecule has 0 aliphatic carbocycles. The number of sulfone groups is 1. The van der Waals surface area contributed by atoms with Crippen LogP contribution in [0, 0.1) is 0 Å². The number of nitrogens with zero attached hydrogens (tertiary/aromatic N) is 5. The predicted octanol–water partition coefficient (Wildman–Crippen LogP) is 1.87. The highest BCUT2D eigenvalue weighted by atomic mass is 32.2. The molecule has 1 atom stereocenters. The van der Waals surface area contributed by atoms with Crippen molar-refractivity contribution in [3.8, 4) is 22.9 Å². The lowest BCUT2D eigenvalue weighted by molar-refractivity contribution is 0.0988. The highest BCUT2D eigenvalue weighted by Crippen LogP contribution is 2.41. The van der Waals surface area contributed by atoms with Crippen molar-refractivity contribution < 1.29 is 23.4 Å². The van der Waals surface area contributed by atoms with Gasteiger partial charge in [-0.25, -0.2) is 18.4 Å². The first-order valence-corrected chi connectivity index (χ1v) is 16.6. The largest absolute Gasteiger partial charge is 0.508 e. The van der Waals surface area contributed by atoms with Crippen molar-refractivity contribution in [2.45, 2.75) is 31.1 Å². The fourth-order valence-corrected chi connectivity index (χ4v) is 6.94. The second-order valence-corrected chi connectivity index (χ2v) is 14.2. The number of carbonyl (C=O) groups is 1. The molecule has 6 N–H and O–H groups in total. The van der Waals surface area contributed by atoms with Gasteiger partial charge >= 0.3 is 0 Å². The van der Waals surface area contributed by atoms with Crippen molar-refractivity contribution in [2.75, 3.05) is 6.26 Å². The van der Waals surface area contributed by atoms with Gasteiger partial charge in [0, 0.05) is 29.4 Å². The number of fused-ring (bicyclic) bond motifs is 6. The van der Waals surface area contributed by atoms with E-state index in [4.69, 9.17) is 10.7 Å². The number of phenolic OH excluding ortho intramolecular Hbond substituents is 2. The van der Waals surface area contributed by atoms with Gasteiger partial charge in [0.15, 0.2) is 20.5 Å². The molecule has 4 aliphatic heterocycles. The summed E-state index contributed by atoms with van der Waals surface area (Å²) >= 11 is 0. The molecule has 8 bridgehead atoms. The second kappa shape index (κ2) is 10.7. The van der Waals surface area contributed by atoms with Gasteiger partial charge in [-0.15, -0.1) is 10.2 Å². The number of nitrogens with two attached hydrogens (primary N) is 1. The highest BCUT2D eigenvalue weighted by molar-refractivity contribution is 7.92. The maximum Gasteiger partial charge on any atom is 0.287 e. The smallest absolute Gasteiger partial charge is 0.287 e. The summed E-state index contributed by atoms with van der Waals surface area (Å²) < 4.78 is 28.4. The Morgan fingerprint density at radius 1 is 1.00 bits per heavy atom. The minimum absolute atomic E-state index is 0.0151. The quantitative estimate of drug-likeness (QED) is 0.275. The summed E-state index contributed by atoms with van der Waals surface area (Å²) in [4.78, 5) is 24.1. The number of aromatic hydroxyl groups is 2. The molecular formula is C33H30N8O5S. The molecule has 13 nitrogen and oxygen atoms in total. The molecule has 1 unspecified atom stereocenters. The van der Waals surface area contributed by atoms with Crippen LogP contribution >= 0.6 is 0 Å². The average Bonchev–Trinajstić information content (AvgIpc) is 3.82. The number of hydrogen-bond acceptors (Lipinski definition) is 10. The van der Waals surface area contributed by atoms with Crippen LogP contribution in [0.15, 0.2) is 87.8 Å². The monoisotopic (exact) mass is 650 g/mol. The molecular weight excluding hydrogens is 620 g/mol. The van der Waals surface area contributed by atoms with Gasteiger partial charge in [0.2, 0.25) is 5.82 Å². The number of nitrogens with one attached hydrogen (secondary N) is 2. The summed E-state index contributed by atoms with van der Waals surface area (Å²) in [5.74, 6) is -1.75.